The van der Waals surface area contributed by atoms with E-state index in [9.17, 15) is 4.79 Å². The third-order valence-corrected chi connectivity index (χ3v) is 3.67. The van der Waals surface area contributed by atoms with Gasteiger partial charge in [-0.25, -0.2) is 9.97 Å². The van der Waals surface area contributed by atoms with Crippen molar-refractivity contribution in [1.29, 1.82) is 0 Å². The standard InChI is InChI=1S/C13H17N5O/c1-10(19)17-5-7-18(8-6-17)13-11-3-4-16(2)12(11)14-9-15-13/h3-4,9H,5-8H2,1-2H3. The second kappa shape index (κ2) is 4.53. The van der Waals surface area contributed by atoms with E-state index in [1.807, 2.05) is 28.8 Å². The van der Waals surface area contributed by atoms with E-state index in [1.165, 1.54) is 0 Å². The second-order valence-corrected chi connectivity index (χ2v) is 4.85. The van der Waals surface area contributed by atoms with Crippen molar-refractivity contribution in [3.63, 3.8) is 0 Å². The number of amides is 1. The van der Waals surface area contributed by atoms with Crippen LogP contribution >= 0.6 is 0 Å². The van der Waals surface area contributed by atoms with Gasteiger partial charge in [-0.3, -0.25) is 4.79 Å². The lowest BCUT2D eigenvalue weighted by Crippen LogP contribution is -2.48. The molecule has 0 aromatic carbocycles. The fraction of sp³-hybridized carbons (Fsp3) is 0.462. The maximum Gasteiger partial charge on any atom is 0.219 e. The Balaban J connectivity index is 1.88. The number of piperazine rings is 1. The number of carbonyl (C=O) groups excluding carboxylic acids is 1. The Morgan fingerprint density at radius 1 is 1.21 bits per heavy atom. The number of aromatic nitrogens is 3. The van der Waals surface area contributed by atoms with E-state index in [2.05, 4.69) is 14.9 Å². The minimum absolute atomic E-state index is 0.146. The lowest BCUT2D eigenvalue weighted by atomic mass is 10.2. The minimum atomic E-state index is 0.146. The summed E-state index contributed by atoms with van der Waals surface area (Å²) in [5, 5.41) is 1.07. The molecule has 1 saturated heterocycles. The van der Waals surface area contributed by atoms with Crippen LogP contribution in [0.1, 0.15) is 6.92 Å². The van der Waals surface area contributed by atoms with Gasteiger partial charge in [0.15, 0.2) is 0 Å². The van der Waals surface area contributed by atoms with Gasteiger partial charge in [-0.05, 0) is 6.07 Å². The summed E-state index contributed by atoms with van der Waals surface area (Å²) >= 11 is 0. The number of aryl methyl sites for hydroxylation is 1. The van der Waals surface area contributed by atoms with Crippen LogP contribution in [-0.2, 0) is 11.8 Å². The van der Waals surface area contributed by atoms with Gasteiger partial charge in [-0.2, -0.15) is 0 Å². The molecule has 6 heteroatoms. The highest BCUT2D eigenvalue weighted by Crippen LogP contribution is 2.24. The molecule has 0 unspecified atom stereocenters. The minimum Gasteiger partial charge on any atom is -0.352 e. The number of rotatable bonds is 1. The fourth-order valence-corrected chi connectivity index (χ4v) is 2.55. The number of nitrogens with zero attached hydrogens (tertiary/aromatic N) is 5. The van der Waals surface area contributed by atoms with Crippen LogP contribution in [0.4, 0.5) is 5.82 Å². The Hall–Kier alpha value is -2.11. The molecule has 3 rings (SSSR count). The lowest BCUT2D eigenvalue weighted by Gasteiger charge is -2.35. The Morgan fingerprint density at radius 3 is 2.63 bits per heavy atom. The van der Waals surface area contributed by atoms with Crippen LogP contribution in [0.3, 0.4) is 0 Å². The van der Waals surface area contributed by atoms with Crippen LogP contribution in [0.15, 0.2) is 18.6 Å². The van der Waals surface area contributed by atoms with Gasteiger partial charge in [-0.15, -0.1) is 0 Å². The molecular weight excluding hydrogens is 242 g/mol. The van der Waals surface area contributed by atoms with Crippen LogP contribution in [0, 0.1) is 0 Å². The van der Waals surface area contributed by atoms with E-state index in [0.717, 1.165) is 43.0 Å². The highest BCUT2D eigenvalue weighted by Gasteiger charge is 2.21. The van der Waals surface area contributed by atoms with E-state index in [4.69, 9.17) is 0 Å². The molecule has 1 amide bonds. The number of hydrogen-bond acceptors (Lipinski definition) is 4. The molecule has 1 fully saturated rings. The Labute approximate surface area is 111 Å². The predicted molar refractivity (Wildman–Crippen MR) is 73.0 cm³/mol. The fourth-order valence-electron chi connectivity index (χ4n) is 2.55. The molecule has 0 saturated carbocycles. The van der Waals surface area contributed by atoms with Crippen LogP contribution in [-0.4, -0.2) is 51.5 Å². The van der Waals surface area contributed by atoms with E-state index >= 15 is 0 Å². The van der Waals surface area contributed by atoms with Gasteiger partial charge in [-0.1, -0.05) is 0 Å². The zero-order valence-corrected chi connectivity index (χ0v) is 11.2. The first-order chi connectivity index (χ1) is 9.16. The summed E-state index contributed by atoms with van der Waals surface area (Å²) in [5.74, 6) is 1.11. The number of anilines is 1. The predicted octanol–water partition coefficient (Wildman–Crippen LogP) is 0.637. The molecule has 2 aromatic rings. The topological polar surface area (TPSA) is 54.3 Å². The normalized spacial score (nSPS) is 16.1. The van der Waals surface area contributed by atoms with Crippen LogP contribution in [0.25, 0.3) is 11.0 Å². The van der Waals surface area contributed by atoms with Gasteiger partial charge in [0.05, 0.1) is 5.39 Å². The monoisotopic (exact) mass is 259 g/mol. The highest BCUT2D eigenvalue weighted by molar-refractivity contribution is 5.88. The van der Waals surface area contributed by atoms with Gasteiger partial charge in [0.1, 0.15) is 17.8 Å². The van der Waals surface area contributed by atoms with Gasteiger partial charge >= 0.3 is 0 Å². The van der Waals surface area contributed by atoms with E-state index in [1.54, 1.807) is 13.3 Å². The SMILES string of the molecule is CC(=O)N1CCN(c2ncnc3c2ccn3C)CC1. The molecule has 19 heavy (non-hydrogen) atoms. The van der Waals surface area contributed by atoms with Crippen molar-refractivity contribution in [3.05, 3.63) is 18.6 Å². The first kappa shape index (κ1) is 12.0. The third kappa shape index (κ3) is 2.03. The van der Waals surface area contributed by atoms with Crippen molar-refractivity contribution in [3.8, 4) is 0 Å². The molecule has 0 radical (unpaired) electrons. The molecule has 0 aliphatic carbocycles. The van der Waals surface area contributed by atoms with Gasteiger partial charge in [0.2, 0.25) is 5.91 Å². The average molecular weight is 259 g/mol. The van der Waals surface area contributed by atoms with Gasteiger partial charge in [0.25, 0.3) is 0 Å². The van der Waals surface area contributed by atoms with Crippen LogP contribution in [0.2, 0.25) is 0 Å². The first-order valence-corrected chi connectivity index (χ1v) is 6.43. The molecule has 0 N–H and O–H groups in total. The summed E-state index contributed by atoms with van der Waals surface area (Å²) in [6.45, 7) is 4.78. The molecule has 3 heterocycles. The summed E-state index contributed by atoms with van der Waals surface area (Å²) in [5.41, 5.74) is 0.944. The molecule has 0 atom stereocenters. The van der Waals surface area contributed by atoms with E-state index in [0.29, 0.717) is 0 Å². The van der Waals surface area contributed by atoms with Crippen LogP contribution < -0.4 is 4.90 Å². The van der Waals surface area contributed by atoms with Crippen molar-refractivity contribution in [1.82, 2.24) is 19.4 Å². The van der Waals surface area contributed by atoms with E-state index < -0.39 is 0 Å². The molecular formula is C13H17N5O. The molecule has 0 spiro atoms. The quantitative estimate of drug-likeness (QED) is 0.754. The zero-order chi connectivity index (χ0) is 13.4. The van der Waals surface area contributed by atoms with E-state index in [-0.39, 0.29) is 5.91 Å². The zero-order valence-electron chi connectivity index (χ0n) is 11.2. The summed E-state index contributed by atoms with van der Waals surface area (Å²) in [6.07, 6.45) is 3.60. The molecule has 1 aliphatic heterocycles. The van der Waals surface area contributed by atoms with Gasteiger partial charge < -0.3 is 14.4 Å². The van der Waals surface area contributed by atoms with Crippen LogP contribution in [0.5, 0.6) is 0 Å². The Morgan fingerprint density at radius 2 is 1.95 bits per heavy atom. The van der Waals surface area contributed by atoms with Crippen molar-refractivity contribution < 1.29 is 4.79 Å². The molecule has 100 valence electrons. The van der Waals surface area contributed by atoms with Crippen molar-refractivity contribution in [2.75, 3.05) is 31.1 Å². The number of hydrogen-bond donors (Lipinski definition) is 0. The molecule has 1 aliphatic rings. The largest absolute Gasteiger partial charge is 0.352 e. The van der Waals surface area contributed by atoms with Crippen molar-refractivity contribution >= 4 is 22.8 Å². The highest BCUT2D eigenvalue weighted by atomic mass is 16.2. The Kier molecular flexibility index (Phi) is 2.85. The Bertz CT molecular complexity index is 613. The summed E-state index contributed by atoms with van der Waals surface area (Å²) < 4.78 is 1.99. The maximum absolute atomic E-state index is 11.3. The lowest BCUT2D eigenvalue weighted by molar-refractivity contribution is -0.129. The smallest absolute Gasteiger partial charge is 0.219 e. The first-order valence-electron chi connectivity index (χ1n) is 6.43. The third-order valence-electron chi connectivity index (χ3n) is 3.67. The average Bonchev–Trinajstić information content (AvgIpc) is 2.81. The number of fused-ring (bicyclic) bond motifs is 1. The molecule has 0 bridgehead atoms. The summed E-state index contributed by atoms with van der Waals surface area (Å²) in [4.78, 5) is 24.1. The summed E-state index contributed by atoms with van der Waals surface area (Å²) in [6, 6.07) is 2.04. The second-order valence-electron chi connectivity index (χ2n) is 4.85. The molecule has 2 aromatic heterocycles. The number of carbonyl (C=O) groups is 1. The van der Waals surface area contributed by atoms with Gasteiger partial charge in [0, 0.05) is 46.3 Å². The summed E-state index contributed by atoms with van der Waals surface area (Å²) in [7, 11) is 1.98. The van der Waals surface area contributed by atoms with Crippen molar-refractivity contribution in [2.45, 2.75) is 6.92 Å². The maximum atomic E-state index is 11.3. The van der Waals surface area contributed by atoms with Crippen molar-refractivity contribution in [2.24, 2.45) is 7.05 Å². The molecule has 6 nitrogen and oxygen atoms in total.